The van der Waals surface area contributed by atoms with Gasteiger partial charge in [-0.2, -0.15) is 5.10 Å². The summed E-state index contributed by atoms with van der Waals surface area (Å²) in [7, 11) is 0. The number of anilines is 1. The highest BCUT2D eigenvalue weighted by Crippen LogP contribution is 2.18. The molecule has 0 unspecified atom stereocenters. The number of carboxylic acids is 1. The van der Waals surface area contributed by atoms with Gasteiger partial charge in [0.05, 0.1) is 38.3 Å². The average Bonchev–Trinajstić information content (AvgIpc) is 3.24. The molecule has 134 valence electrons. The molecule has 0 bridgehead atoms. The summed E-state index contributed by atoms with van der Waals surface area (Å²) in [6, 6.07) is 7.05. The molecule has 1 aromatic carbocycles. The Morgan fingerprint density at radius 3 is 2.81 bits per heavy atom. The number of para-hydroxylation sites is 1. The number of carbonyl (C=O) groups is 3. The van der Waals surface area contributed by atoms with Crippen molar-refractivity contribution in [1.82, 2.24) is 9.91 Å². The minimum atomic E-state index is -1.01. The van der Waals surface area contributed by atoms with Crippen LogP contribution in [-0.2, 0) is 11.2 Å². The average molecular weight is 356 g/mol. The van der Waals surface area contributed by atoms with Crippen LogP contribution in [0, 0.1) is 0 Å². The second-order valence-electron chi connectivity index (χ2n) is 5.52. The number of carboxylic acid groups (broad SMARTS) is 1. The van der Waals surface area contributed by atoms with Crippen LogP contribution >= 0.6 is 0 Å². The van der Waals surface area contributed by atoms with E-state index in [0.29, 0.717) is 16.8 Å². The maximum Gasteiger partial charge on any atom is 0.348 e. The predicted molar refractivity (Wildman–Crippen MR) is 91.9 cm³/mol. The van der Waals surface area contributed by atoms with Gasteiger partial charge in [0.2, 0.25) is 0 Å². The van der Waals surface area contributed by atoms with Crippen LogP contribution < -0.4 is 5.32 Å². The molecule has 0 aliphatic carbocycles. The Bertz CT molecular complexity index is 847. The van der Waals surface area contributed by atoms with Gasteiger partial charge < -0.3 is 14.8 Å². The first-order chi connectivity index (χ1) is 12.5. The summed E-state index contributed by atoms with van der Waals surface area (Å²) in [6.45, 7) is 0.436. The van der Waals surface area contributed by atoms with Crippen LogP contribution in [-0.4, -0.2) is 52.4 Å². The van der Waals surface area contributed by atoms with Gasteiger partial charge in [-0.05, 0) is 17.7 Å². The predicted octanol–water partition coefficient (Wildman–Crippen LogP) is 2.21. The Hall–Kier alpha value is -3.62. The van der Waals surface area contributed by atoms with Crippen molar-refractivity contribution in [3.05, 3.63) is 54.0 Å². The van der Waals surface area contributed by atoms with E-state index in [1.165, 1.54) is 23.7 Å². The lowest BCUT2D eigenvalue weighted by atomic mass is 10.1. The lowest BCUT2D eigenvalue weighted by Gasteiger charge is -2.16. The summed E-state index contributed by atoms with van der Waals surface area (Å²) in [6.07, 6.45) is 4.20. The summed E-state index contributed by atoms with van der Waals surface area (Å²) in [5, 5.41) is 16.8. The molecule has 2 N–H and O–H groups in total. The van der Waals surface area contributed by atoms with Crippen LogP contribution in [0.1, 0.15) is 11.1 Å². The Balaban J connectivity index is 1.66. The number of rotatable bonds is 5. The molecular formula is C17H16N4O5. The number of benzene rings is 1. The number of amides is 4. The van der Waals surface area contributed by atoms with Crippen LogP contribution in [0.3, 0.4) is 0 Å². The second-order valence-corrected chi connectivity index (χ2v) is 5.52. The monoisotopic (exact) mass is 356 g/mol. The number of hydrogen-bond donors (Lipinski definition) is 2. The lowest BCUT2D eigenvalue weighted by Crippen LogP contribution is -2.38. The van der Waals surface area contributed by atoms with Gasteiger partial charge >= 0.3 is 18.0 Å². The fourth-order valence-corrected chi connectivity index (χ4v) is 2.45. The van der Waals surface area contributed by atoms with Crippen molar-refractivity contribution in [3.63, 3.8) is 0 Å². The zero-order valence-electron chi connectivity index (χ0n) is 13.7. The molecule has 1 aliphatic rings. The molecule has 9 heteroatoms. The number of urea groups is 2. The second kappa shape index (κ2) is 7.51. The summed E-state index contributed by atoms with van der Waals surface area (Å²) < 4.78 is 4.91. The van der Waals surface area contributed by atoms with Gasteiger partial charge in [-0.1, -0.05) is 18.2 Å². The van der Waals surface area contributed by atoms with Gasteiger partial charge in [-0.3, -0.25) is 4.79 Å². The fraction of sp³-hybridized carbons (Fsp3) is 0.176. The molecule has 0 saturated carbocycles. The van der Waals surface area contributed by atoms with Crippen LogP contribution in [0.4, 0.5) is 15.3 Å². The minimum Gasteiger partial charge on any atom is -0.481 e. The molecule has 4 amide bonds. The van der Waals surface area contributed by atoms with Crippen molar-refractivity contribution in [2.75, 3.05) is 18.4 Å². The van der Waals surface area contributed by atoms with Gasteiger partial charge in [0.25, 0.3) is 0 Å². The summed E-state index contributed by atoms with van der Waals surface area (Å²) in [5.41, 5.74) is 1.51. The molecule has 0 radical (unpaired) electrons. The minimum absolute atomic E-state index is 0.175. The third-order valence-electron chi connectivity index (χ3n) is 3.72. The summed E-state index contributed by atoms with van der Waals surface area (Å²) in [4.78, 5) is 36.7. The molecule has 0 spiro atoms. The molecule has 26 heavy (non-hydrogen) atoms. The number of carbonyl (C=O) groups excluding carboxylic acids is 2. The molecule has 1 aromatic heterocycles. The smallest absolute Gasteiger partial charge is 0.348 e. The normalized spacial score (nSPS) is 14.2. The van der Waals surface area contributed by atoms with Crippen LogP contribution in [0.2, 0.25) is 0 Å². The lowest BCUT2D eigenvalue weighted by molar-refractivity contribution is -0.136. The van der Waals surface area contributed by atoms with Crippen molar-refractivity contribution < 1.29 is 23.9 Å². The number of imide groups is 1. The van der Waals surface area contributed by atoms with E-state index in [2.05, 4.69) is 10.4 Å². The zero-order valence-corrected chi connectivity index (χ0v) is 13.7. The van der Waals surface area contributed by atoms with Crippen molar-refractivity contribution in [2.45, 2.75) is 6.42 Å². The van der Waals surface area contributed by atoms with E-state index in [0.717, 1.165) is 4.90 Å². The van der Waals surface area contributed by atoms with Gasteiger partial charge in [0.15, 0.2) is 0 Å². The SMILES string of the molecule is O=C(O)Cc1ccccc1NC(=O)N1CCN(N=Cc2ccoc2)C1=O. The Kier molecular flexibility index (Phi) is 4.97. The quantitative estimate of drug-likeness (QED) is 0.797. The molecule has 1 saturated heterocycles. The third kappa shape index (κ3) is 3.89. The van der Waals surface area contributed by atoms with Crippen LogP contribution in [0.25, 0.3) is 0 Å². The highest BCUT2D eigenvalue weighted by molar-refractivity contribution is 6.02. The molecule has 1 fully saturated rings. The van der Waals surface area contributed by atoms with E-state index in [-0.39, 0.29) is 19.5 Å². The van der Waals surface area contributed by atoms with Gasteiger partial charge in [0, 0.05) is 11.3 Å². The number of hydrogen-bond acceptors (Lipinski definition) is 5. The van der Waals surface area contributed by atoms with E-state index in [1.54, 1.807) is 30.3 Å². The van der Waals surface area contributed by atoms with E-state index in [1.807, 2.05) is 0 Å². The molecule has 9 nitrogen and oxygen atoms in total. The topological polar surface area (TPSA) is 115 Å². The van der Waals surface area contributed by atoms with Crippen molar-refractivity contribution in [1.29, 1.82) is 0 Å². The Labute approximate surface area is 148 Å². The van der Waals surface area contributed by atoms with Crippen LogP contribution in [0.15, 0.2) is 52.4 Å². The van der Waals surface area contributed by atoms with E-state index < -0.39 is 18.0 Å². The third-order valence-corrected chi connectivity index (χ3v) is 3.72. The van der Waals surface area contributed by atoms with Crippen molar-refractivity contribution in [2.24, 2.45) is 5.10 Å². The highest BCUT2D eigenvalue weighted by Gasteiger charge is 2.33. The standard InChI is InChI=1S/C17H16N4O5/c22-15(23)9-13-3-1-2-4-14(13)19-16(24)20-6-7-21(17(20)25)18-10-12-5-8-26-11-12/h1-5,8,10-11H,6-7,9H2,(H,19,24)(H,22,23). The largest absolute Gasteiger partial charge is 0.481 e. The van der Waals surface area contributed by atoms with E-state index in [4.69, 9.17) is 9.52 Å². The van der Waals surface area contributed by atoms with E-state index in [9.17, 15) is 14.4 Å². The molecule has 2 heterocycles. The Morgan fingerprint density at radius 2 is 2.08 bits per heavy atom. The van der Waals surface area contributed by atoms with Crippen LogP contribution in [0.5, 0.6) is 0 Å². The fourth-order valence-electron chi connectivity index (χ4n) is 2.45. The Morgan fingerprint density at radius 1 is 1.27 bits per heavy atom. The maximum atomic E-state index is 12.4. The first-order valence-electron chi connectivity index (χ1n) is 7.80. The highest BCUT2D eigenvalue weighted by atomic mass is 16.4. The first kappa shape index (κ1) is 17.2. The molecule has 0 atom stereocenters. The molecule has 2 aromatic rings. The number of nitrogens with zero attached hydrogens (tertiary/aromatic N) is 3. The molecular weight excluding hydrogens is 340 g/mol. The molecule has 1 aliphatic heterocycles. The maximum absolute atomic E-state index is 12.4. The number of furan rings is 1. The van der Waals surface area contributed by atoms with Gasteiger partial charge in [0.1, 0.15) is 0 Å². The zero-order chi connectivity index (χ0) is 18.5. The van der Waals surface area contributed by atoms with Crippen molar-refractivity contribution in [3.8, 4) is 0 Å². The van der Waals surface area contributed by atoms with E-state index >= 15 is 0 Å². The van der Waals surface area contributed by atoms with Crippen molar-refractivity contribution >= 4 is 29.9 Å². The summed E-state index contributed by atoms with van der Waals surface area (Å²) >= 11 is 0. The first-order valence-corrected chi connectivity index (χ1v) is 7.80. The number of nitrogens with one attached hydrogen (secondary N) is 1. The number of aliphatic carboxylic acids is 1. The van der Waals surface area contributed by atoms with Gasteiger partial charge in [-0.25, -0.2) is 19.5 Å². The summed E-state index contributed by atoms with van der Waals surface area (Å²) in [5.74, 6) is -1.01. The molecule has 3 rings (SSSR count). The van der Waals surface area contributed by atoms with Gasteiger partial charge in [-0.15, -0.1) is 0 Å². The number of hydrazone groups is 1.